The standard InChI is InChI=1S/C17H26/c1-5-15(3)16(4)8-6-7-9-17-12-10-14(2)11-13-17/h5,8,10-12,17H,6-7,9,13H2,1-4H3/b15-5-,16-8-. The average molecular weight is 230 g/mol. The molecule has 0 aliphatic heterocycles. The summed E-state index contributed by atoms with van der Waals surface area (Å²) in [7, 11) is 0. The molecule has 0 N–H and O–H groups in total. The van der Waals surface area contributed by atoms with Crippen molar-refractivity contribution in [1.82, 2.24) is 0 Å². The second-order valence-electron chi connectivity index (χ2n) is 5.09. The first-order chi connectivity index (χ1) is 8.13. The lowest BCUT2D eigenvalue weighted by molar-refractivity contribution is 0.565. The molecule has 0 fully saturated rings. The number of allylic oxidation sites excluding steroid dienone is 8. The number of hydrogen-bond donors (Lipinski definition) is 0. The maximum Gasteiger partial charge on any atom is -0.0195 e. The van der Waals surface area contributed by atoms with Gasteiger partial charge in [0, 0.05) is 0 Å². The first-order valence-electron chi connectivity index (χ1n) is 6.78. The molecule has 0 heteroatoms. The summed E-state index contributed by atoms with van der Waals surface area (Å²) in [5.74, 6) is 0.773. The van der Waals surface area contributed by atoms with Crippen LogP contribution in [0.1, 0.15) is 53.4 Å². The highest BCUT2D eigenvalue weighted by Crippen LogP contribution is 2.21. The Bertz CT molecular complexity index is 350. The summed E-state index contributed by atoms with van der Waals surface area (Å²) in [4.78, 5) is 0. The lowest BCUT2D eigenvalue weighted by atomic mass is 9.92. The van der Waals surface area contributed by atoms with Crippen LogP contribution in [0, 0.1) is 5.92 Å². The Kier molecular flexibility index (Phi) is 6.04. The van der Waals surface area contributed by atoms with Gasteiger partial charge in [-0.3, -0.25) is 0 Å². The molecule has 1 aliphatic carbocycles. The molecule has 17 heavy (non-hydrogen) atoms. The van der Waals surface area contributed by atoms with E-state index >= 15 is 0 Å². The normalized spacial score (nSPS) is 21.6. The molecule has 1 aliphatic rings. The third-order valence-electron chi connectivity index (χ3n) is 3.66. The van der Waals surface area contributed by atoms with Crippen molar-refractivity contribution < 1.29 is 0 Å². The van der Waals surface area contributed by atoms with Crippen LogP contribution in [0.25, 0.3) is 0 Å². The van der Waals surface area contributed by atoms with Gasteiger partial charge in [-0.05, 0) is 59.3 Å². The average Bonchev–Trinajstić information content (AvgIpc) is 2.35. The predicted molar refractivity (Wildman–Crippen MR) is 78.0 cm³/mol. The van der Waals surface area contributed by atoms with Crippen molar-refractivity contribution >= 4 is 0 Å². The lowest BCUT2D eigenvalue weighted by Gasteiger charge is -2.14. The molecule has 0 saturated carbocycles. The molecule has 1 rings (SSSR count). The van der Waals surface area contributed by atoms with Crippen LogP contribution in [0.5, 0.6) is 0 Å². The molecule has 0 nitrogen and oxygen atoms in total. The molecule has 0 amide bonds. The van der Waals surface area contributed by atoms with Crippen LogP contribution in [0.4, 0.5) is 0 Å². The number of rotatable bonds is 5. The van der Waals surface area contributed by atoms with E-state index in [1.165, 1.54) is 42.4 Å². The second kappa shape index (κ2) is 7.32. The van der Waals surface area contributed by atoms with Crippen LogP contribution < -0.4 is 0 Å². The van der Waals surface area contributed by atoms with Gasteiger partial charge in [-0.1, -0.05) is 47.1 Å². The summed E-state index contributed by atoms with van der Waals surface area (Å²) >= 11 is 0. The van der Waals surface area contributed by atoms with Gasteiger partial charge in [-0.2, -0.15) is 0 Å². The van der Waals surface area contributed by atoms with Gasteiger partial charge in [0.05, 0.1) is 0 Å². The van der Waals surface area contributed by atoms with E-state index in [0.29, 0.717) is 0 Å². The molecule has 1 atom stereocenters. The van der Waals surface area contributed by atoms with Crippen molar-refractivity contribution in [3.8, 4) is 0 Å². The van der Waals surface area contributed by atoms with Crippen LogP contribution in [0.2, 0.25) is 0 Å². The first kappa shape index (κ1) is 14.0. The Morgan fingerprint density at radius 2 is 2.12 bits per heavy atom. The summed E-state index contributed by atoms with van der Waals surface area (Å²) in [6.45, 7) is 8.68. The highest BCUT2D eigenvalue weighted by Gasteiger charge is 2.05. The number of hydrogen-bond acceptors (Lipinski definition) is 0. The fraction of sp³-hybridized carbons (Fsp3) is 0.529. The Hall–Kier alpha value is -1.04. The van der Waals surface area contributed by atoms with E-state index in [0.717, 1.165) is 5.92 Å². The van der Waals surface area contributed by atoms with Crippen molar-refractivity contribution in [2.24, 2.45) is 5.92 Å². The molecule has 0 aromatic rings. The van der Waals surface area contributed by atoms with Crippen molar-refractivity contribution in [3.05, 3.63) is 47.1 Å². The summed E-state index contributed by atoms with van der Waals surface area (Å²) in [5, 5.41) is 0. The summed E-state index contributed by atoms with van der Waals surface area (Å²) in [5.41, 5.74) is 4.25. The van der Waals surface area contributed by atoms with E-state index in [2.05, 4.69) is 58.1 Å². The minimum absolute atomic E-state index is 0.773. The van der Waals surface area contributed by atoms with E-state index in [9.17, 15) is 0 Å². The maximum absolute atomic E-state index is 2.38. The molecule has 1 unspecified atom stereocenters. The molecule has 94 valence electrons. The van der Waals surface area contributed by atoms with Crippen LogP contribution in [-0.4, -0.2) is 0 Å². The van der Waals surface area contributed by atoms with Gasteiger partial charge in [0.15, 0.2) is 0 Å². The van der Waals surface area contributed by atoms with E-state index in [-0.39, 0.29) is 0 Å². The Morgan fingerprint density at radius 1 is 1.35 bits per heavy atom. The smallest absolute Gasteiger partial charge is 0.0195 e. The molecule has 0 heterocycles. The van der Waals surface area contributed by atoms with Gasteiger partial charge >= 0.3 is 0 Å². The first-order valence-corrected chi connectivity index (χ1v) is 6.78. The molecule has 0 radical (unpaired) electrons. The molecule has 0 aromatic heterocycles. The fourth-order valence-corrected chi connectivity index (χ4v) is 2.07. The molecule has 0 bridgehead atoms. The van der Waals surface area contributed by atoms with Crippen molar-refractivity contribution in [2.45, 2.75) is 53.4 Å². The molecule has 0 saturated heterocycles. The summed E-state index contributed by atoms with van der Waals surface area (Å²) < 4.78 is 0. The monoisotopic (exact) mass is 230 g/mol. The number of unbranched alkanes of at least 4 members (excludes halogenated alkanes) is 1. The molecule has 0 spiro atoms. The van der Waals surface area contributed by atoms with Crippen molar-refractivity contribution in [1.29, 1.82) is 0 Å². The third-order valence-corrected chi connectivity index (χ3v) is 3.66. The predicted octanol–water partition coefficient (Wildman–Crippen LogP) is 5.59. The van der Waals surface area contributed by atoms with Gasteiger partial charge < -0.3 is 0 Å². The fourth-order valence-electron chi connectivity index (χ4n) is 2.07. The quantitative estimate of drug-likeness (QED) is 0.426. The Balaban J connectivity index is 2.24. The van der Waals surface area contributed by atoms with Gasteiger partial charge in [0.2, 0.25) is 0 Å². The van der Waals surface area contributed by atoms with E-state index in [1.807, 2.05) is 0 Å². The SMILES string of the molecule is C/C=C(C)\C(C)=C/CCCC1C=CC(C)=CC1. The van der Waals surface area contributed by atoms with Gasteiger partial charge in [0.25, 0.3) is 0 Å². The van der Waals surface area contributed by atoms with Gasteiger partial charge in [0.1, 0.15) is 0 Å². The third kappa shape index (κ3) is 5.21. The summed E-state index contributed by atoms with van der Waals surface area (Å²) in [6.07, 6.45) is 16.6. The second-order valence-corrected chi connectivity index (χ2v) is 5.09. The highest BCUT2D eigenvalue weighted by molar-refractivity contribution is 5.26. The van der Waals surface area contributed by atoms with Crippen LogP contribution in [0.15, 0.2) is 47.1 Å². The van der Waals surface area contributed by atoms with Crippen LogP contribution in [0.3, 0.4) is 0 Å². The van der Waals surface area contributed by atoms with Gasteiger partial charge in [-0.25, -0.2) is 0 Å². The maximum atomic E-state index is 2.38. The lowest BCUT2D eigenvalue weighted by Crippen LogP contribution is -1.98. The van der Waals surface area contributed by atoms with Gasteiger partial charge in [-0.15, -0.1) is 0 Å². The topological polar surface area (TPSA) is 0 Å². The highest BCUT2D eigenvalue weighted by atomic mass is 14.1. The molecular formula is C17H26. The van der Waals surface area contributed by atoms with Crippen molar-refractivity contribution in [2.75, 3.05) is 0 Å². The molecule has 0 aromatic carbocycles. The van der Waals surface area contributed by atoms with Crippen molar-refractivity contribution in [3.63, 3.8) is 0 Å². The molecular weight excluding hydrogens is 204 g/mol. The minimum atomic E-state index is 0.773. The van der Waals surface area contributed by atoms with E-state index in [1.54, 1.807) is 0 Å². The van der Waals surface area contributed by atoms with Crippen LogP contribution in [-0.2, 0) is 0 Å². The zero-order valence-electron chi connectivity index (χ0n) is 11.8. The Labute approximate surface area is 107 Å². The van der Waals surface area contributed by atoms with E-state index < -0.39 is 0 Å². The van der Waals surface area contributed by atoms with Crippen LogP contribution >= 0.6 is 0 Å². The zero-order valence-corrected chi connectivity index (χ0v) is 11.8. The van der Waals surface area contributed by atoms with E-state index in [4.69, 9.17) is 0 Å². The minimum Gasteiger partial charge on any atom is -0.0845 e. The summed E-state index contributed by atoms with van der Waals surface area (Å²) in [6, 6.07) is 0. The largest absolute Gasteiger partial charge is 0.0845 e. The zero-order chi connectivity index (χ0) is 12.7. The Morgan fingerprint density at radius 3 is 2.71 bits per heavy atom.